The summed E-state index contributed by atoms with van der Waals surface area (Å²) in [6.45, 7) is 7.99. The van der Waals surface area contributed by atoms with E-state index in [1.807, 2.05) is 0 Å². The maximum Gasteiger partial charge on any atom is 0.531 e. The SMILES string of the molecule is CCCOB(OCCC)SCCC. The number of rotatable bonds is 9. The largest absolute Gasteiger partial charge is 0.531 e. The van der Waals surface area contributed by atoms with Gasteiger partial charge in [-0.3, -0.25) is 0 Å². The molecule has 2 nitrogen and oxygen atoms in total. The first-order valence-corrected chi connectivity index (χ1v) is 6.24. The van der Waals surface area contributed by atoms with Crippen LogP contribution in [0.4, 0.5) is 0 Å². The molecule has 0 radical (unpaired) electrons. The van der Waals surface area contributed by atoms with E-state index < -0.39 is 0 Å². The lowest BCUT2D eigenvalue weighted by Crippen LogP contribution is -2.21. The van der Waals surface area contributed by atoms with Crippen LogP contribution in [0.5, 0.6) is 0 Å². The maximum absolute atomic E-state index is 5.54. The molecule has 0 aromatic heterocycles. The highest BCUT2D eigenvalue weighted by Crippen LogP contribution is 2.11. The molecule has 0 rings (SSSR count). The van der Waals surface area contributed by atoms with Crippen LogP contribution >= 0.6 is 11.6 Å². The molecule has 0 aromatic carbocycles. The number of hydrogen-bond donors (Lipinski definition) is 0. The summed E-state index contributed by atoms with van der Waals surface area (Å²) < 4.78 is 11.1. The van der Waals surface area contributed by atoms with Gasteiger partial charge in [-0.25, -0.2) is 0 Å². The molecular formula is C9H21BO2S. The van der Waals surface area contributed by atoms with Gasteiger partial charge in [-0.05, 0) is 25.0 Å². The normalized spacial score (nSPS) is 10.4. The molecule has 0 spiro atoms. The Balaban J connectivity index is 3.47. The van der Waals surface area contributed by atoms with Crippen molar-refractivity contribution >= 4 is 18.0 Å². The first-order valence-electron chi connectivity index (χ1n) is 5.19. The van der Waals surface area contributed by atoms with Crippen molar-refractivity contribution in [3.63, 3.8) is 0 Å². The van der Waals surface area contributed by atoms with E-state index in [1.165, 1.54) is 6.42 Å². The highest BCUT2D eigenvalue weighted by Gasteiger charge is 2.17. The average molecular weight is 204 g/mol. The lowest BCUT2D eigenvalue weighted by molar-refractivity contribution is 0.215. The van der Waals surface area contributed by atoms with Gasteiger partial charge in [-0.1, -0.05) is 20.8 Å². The van der Waals surface area contributed by atoms with Gasteiger partial charge in [0, 0.05) is 13.2 Å². The van der Waals surface area contributed by atoms with Crippen LogP contribution in [0, 0.1) is 0 Å². The Kier molecular flexibility index (Phi) is 10.7. The minimum absolute atomic E-state index is 0.0418. The van der Waals surface area contributed by atoms with Crippen molar-refractivity contribution < 1.29 is 9.31 Å². The van der Waals surface area contributed by atoms with Crippen molar-refractivity contribution in [1.29, 1.82) is 0 Å². The minimum atomic E-state index is -0.0418. The van der Waals surface area contributed by atoms with E-state index in [4.69, 9.17) is 9.31 Å². The van der Waals surface area contributed by atoms with Gasteiger partial charge in [0.1, 0.15) is 0 Å². The number of hydrogen-bond acceptors (Lipinski definition) is 3. The van der Waals surface area contributed by atoms with Crippen LogP contribution < -0.4 is 0 Å². The molecule has 0 fully saturated rings. The summed E-state index contributed by atoms with van der Waals surface area (Å²) in [7, 11) is 0. The van der Waals surface area contributed by atoms with Gasteiger partial charge < -0.3 is 9.31 Å². The predicted octanol–water partition coefficient (Wildman–Crippen LogP) is 2.97. The Hall–Kier alpha value is 0.335. The zero-order valence-electron chi connectivity index (χ0n) is 9.04. The third-order valence-electron chi connectivity index (χ3n) is 1.37. The van der Waals surface area contributed by atoms with Crippen LogP contribution in [-0.4, -0.2) is 25.4 Å². The zero-order chi connectivity index (χ0) is 9.94. The molecule has 0 bridgehead atoms. The highest BCUT2D eigenvalue weighted by atomic mass is 32.2. The second kappa shape index (κ2) is 10.4. The first kappa shape index (κ1) is 13.3. The van der Waals surface area contributed by atoms with E-state index in [9.17, 15) is 0 Å². The van der Waals surface area contributed by atoms with Crippen molar-refractivity contribution in [2.75, 3.05) is 19.0 Å². The van der Waals surface area contributed by atoms with Crippen LogP contribution in [-0.2, 0) is 9.31 Å². The van der Waals surface area contributed by atoms with Gasteiger partial charge in [0.25, 0.3) is 0 Å². The average Bonchev–Trinajstić information content (AvgIpc) is 2.17. The van der Waals surface area contributed by atoms with Crippen LogP contribution in [0.1, 0.15) is 40.0 Å². The van der Waals surface area contributed by atoms with Crippen molar-refractivity contribution in [1.82, 2.24) is 0 Å². The summed E-state index contributed by atoms with van der Waals surface area (Å²) >= 11 is 1.76. The van der Waals surface area contributed by atoms with Crippen molar-refractivity contribution in [2.45, 2.75) is 40.0 Å². The predicted molar refractivity (Wildman–Crippen MR) is 61.0 cm³/mol. The van der Waals surface area contributed by atoms with Crippen LogP contribution in [0.2, 0.25) is 0 Å². The van der Waals surface area contributed by atoms with Gasteiger partial charge in [0.2, 0.25) is 0 Å². The van der Waals surface area contributed by atoms with Crippen LogP contribution in [0.25, 0.3) is 0 Å². The van der Waals surface area contributed by atoms with Crippen LogP contribution in [0.3, 0.4) is 0 Å². The summed E-state index contributed by atoms with van der Waals surface area (Å²) in [6, 6.07) is 0. The van der Waals surface area contributed by atoms with Crippen molar-refractivity contribution in [3.8, 4) is 0 Å². The highest BCUT2D eigenvalue weighted by molar-refractivity contribution is 8.24. The van der Waals surface area contributed by atoms with Gasteiger partial charge in [-0.2, -0.15) is 0 Å². The van der Waals surface area contributed by atoms with Gasteiger partial charge in [-0.15, -0.1) is 11.6 Å². The molecular weight excluding hydrogens is 183 g/mol. The topological polar surface area (TPSA) is 18.5 Å². The Morgan fingerprint density at radius 1 is 0.923 bits per heavy atom. The third-order valence-corrected chi connectivity index (χ3v) is 2.56. The zero-order valence-corrected chi connectivity index (χ0v) is 9.86. The van der Waals surface area contributed by atoms with E-state index in [1.54, 1.807) is 11.6 Å². The smallest absolute Gasteiger partial charge is 0.402 e. The van der Waals surface area contributed by atoms with E-state index in [2.05, 4.69) is 20.8 Å². The molecule has 13 heavy (non-hydrogen) atoms. The van der Waals surface area contributed by atoms with Gasteiger partial charge in [0.15, 0.2) is 0 Å². The first-order chi connectivity index (χ1) is 6.35. The molecule has 0 saturated heterocycles. The van der Waals surface area contributed by atoms with Gasteiger partial charge >= 0.3 is 6.40 Å². The molecule has 0 aromatic rings. The Morgan fingerprint density at radius 3 is 1.85 bits per heavy atom. The van der Waals surface area contributed by atoms with Crippen molar-refractivity contribution in [3.05, 3.63) is 0 Å². The molecule has 0 atom stereocenters. The van der Waals surface area contributed by atoms with Crippen LogP contribution in [0.15, 0.2) is 0 Å². The van der Waals surface area contributed by atoms with Crippen molar-refractivity contribution in [2.24, 2.45) is 0 Å². The van der Waals surface area contributed by atoms with E-state index in [0.29, 0.717) is 0 Å². The fourth-order valence-corrected chi connectivity index (χ4v) is 1.60. The molecule has 0 aliphatic heterocycles. The molecule has 0 heterocycles. The Labute approximate surface area is 86.8 Å². The Morgan fingerprint density at radius 2 is 1.46 bits per heavy atom. The second-order valence-corrected chi connectivity index (χ2v) is 4.03. The molecule has 4 heteroatoms. The summed E-state index contributed by atoms with van der Waals surface area (Å²) in [5.41, 5.74) is 0. The second-order valence-electron chi connectivity index (χ2n) is 2.90. The molecule has 0 unspecified atom stereocenters. The summed E-state index contributed by atoms with van der Waals surface area (Å²) in [4.78, 5) is 0. The molecule has 78 valence electrons. The summed E-state index contributed by atoms with van der Waals surface area (Å²) in [5.74, 6) is 1.11. The molecule has 0 N–H and O–H groups in total. The maximum atomic E-state index is 5.54. The molecule has 0 saturated carbocycles. The molecule has 0 aliphatic rings. The third kappa shape index (κ3) is 8.66. The minimum Gasteiger partial charge on any atom is -0.402 e. The standard InChI is InChI=1S/C9H21BO2S/c1-4-7-11-10(12-8-5-2)13-9-6-3/h4-9H2,1-3H3. The fourth-order valence-electron chi connectivity index (χ4n) is 0.787. The van der Waals surface area contributed by atoms with E-state index in [-0.39, 0.29) is 6.40 Å². The molecule has 0 amide bonds. The lowest BCUT2D eigenvalue weighted by Gasteiger charge is -2.12. The summed E-state index contributed by atoms with van der Waals surface area (Å²) in [5, 5.41) is 0. The van der Waals surface area contributed by atoms with Gasteiger partial charge in [0.05, 0.1) is 0 Å². The lowest BCUT2D eigenvalue weighted by atomic mass is 10.3. The summed E-state index contributed by atoms with van der Waals surface area (Å²) in [6.07, 6.45) is 3.24. The van der Waals surface area contributed by atoms with E-state index >= 15 is 0 Å². The quantitative estimate of drug-likeness (QED) is 0.538. The Bertz CT molecular complexity index is 84.6. The van der Waals surface area contributed by atoms with E-state index in [0.717, 1.165) is 31.8 Å². The monoisotopic (exact) mass is 204 g/mol. The molecule has 0 aliphatic carbocycles. The fraction of sp³-hybridized carbons (Fsp3) is 1.00.